The van der Waals surface area contributed by atoms with E-state index < -0.39 is 0 Å². The first-order chi connectivity index (χ1) is 5.27. The second-order valence-electron chi connectivity index (χ2n) is 2.61. The third kappa shape index (κ3) is 1.14. The van der Waals surface area contributed by atoms with Gasteiger partial charge in [-0.1, -0.05) is 6.08 Å². The molecule has 0 aromatic heterocycles. The Balaban J connectivity index is 2.22. The van der Waals surface area contributed by atoms with Crippen molar-refractivity contribution in [3.05, 3.63) is 12.3 Å². The molecule has 11 heavy (non-hydrogen) atoms. The lowest BCUT2D eigenvalue weighted by atomic mass is 10.4. The molecule has 0 aromatic rings. The van der Waals surface area contributed by atoms with Crippen LogP contribution in [0.15, 0.2) is 17.3 Å². The fraction of sp³-hybridized carbons (Fsp3) is 0.500. The number of hydrogen-bond donors (Lipinski definition) is 1. The van der Waals surface area contributed by atoms with Crippen LogP contribution >= 0.6 is 15.9 Å². The maximum atomic E-state index is 4.31. The Morgan fingerprint density at radius 1 is 1.82 bits per heavy atom. The van der Waals surface area contributed by atoms with Crippen molar-refractivity contribution in [2.24, 2.45) is 4.99 Å². The fourth-order valence-corrected chi connectivity index (χ4v) is 1.59. The van der Waals surface area contributed by atoms with Crippen LogP contribution in [0.25, 0.3) is 0 Å². The van der Waals surface area contributed by atoms with Gasteiger partial charge in [-0.3, -0.25) is 15.3 Å². The van der Waals surface area contributed by atoms with Gasteiger partial charge in [-0.2, -0.15) is 0 Å². The first kappa shape index (κ1) is 7.12. The lowest BCUT2D eigenvalue weighted by Crippen LogP contribution is -2.47. The molecule has 0 aliphatic carbocycles. The van der Waals surface area contributed by atoms with Gasteiger partial charge in [0, 0.05) is 12.7 Å². The number of likely N-dealkylation sites (N-methyl/N-ethyl adjacent to an activating group) is 1. The SMILES string of the molecule is CN1CC=CN2NC(Br)=NC12. The zero-order valence-electron chi connectivity index (χ0n) is 6.16. The maximum absolute atomic E-state index is 4.31. The molecule has 5 heteroatoms. The van der Waals surface area contributed by atoms with Crippen LogP contribution in [0.2, 0.25) is 0 Å². The summed E-state index contributed by atoms with van der Waals surface area (Å²) in [6.45, 7) is 0.951. The summed E-state index contributed by atoms with van der Waals surface area (Å²) in [6, 6.07) is 0. The molecule has 2 aliphatic rings. The van der Waals surface area contributed by atoms with Gasteiger partial charge < -0.3 is 0 Å². The molecule has 2 heterocycles. The first-order valence-corrected chi connectivity index (χ1v) is 4.22. The molecular weight excluding hydrogens is 208 g/mol. The second-order valence-corrected chi connectivity index (χ2v) is 3.36. The van der Waals surface area contributed by atoms with Gasteiger partial charge in [0.15, 0.2) is 11.0 Å². The number of nitrogens with one attached hydrogen (secondary N) is 1. The van der Waals surface area contributed by atoms with Gasteiger partial charge in [-0.15, -0.1) is 0 Å². The van der Waals surface area contributed by atoms with E-state index in [4.69, 9.17) is 0 Å². The highest BCUT2D eigenvalue weighted by Gasteiger charge is 2.27. The van der Waals surface area contributed by atoms with Crippen molar-refractivity contribution >= 4 is 20.7 Å². The van der Waals surface area contributed by atoms with Crippen LogP contribution in [0.3, 0.4) is 0 Å². The molecule has 60 valence electrons. The molecule has 0 bridgehead atoms. The molecule has 4 nitrogen and oxygen atoms in total. The van der Waals surface area contributed by atoms with E-state index in [2.05, 4.69) is 37.3 Å². The molecule has 0 amide bonds. The van der Waals surface area contributed by atoms with E-state index in [-0.39, 0.29) is 6.29 Å². The number of aliphatic imine (C=N–C) groups is 1. The highest BCUT2D eigenvalue weighted by Crippen LogP contribution is 2.15. The Morgan fingerprint density at radius 2 is 2.64 bits per heavy atom. The van der Waals surface area contributed by atoms with E-state index in [1.54, 1.807) is 0 Å². The van der Waals surface area contributed by atoms with Gasteiger partial charge in [0.05, 0.1) is 0 Å². The van der Waals surface area contributed by atoms with Crippen molar-refractivity contribution in [2.75, 3.05) is 13.6 Å². The number of hydrogen-bond acceptors (Lipinski definition) is 4. The van der Waals surface area contributed by atoms with Crippen LogP contribution in [-0.4, -0.2) is 34.5 Å². The molecule has 0 saturated heterocycles. The van der Waals surface area contributed by atoms with Crippen LogP contribution in [0.4, 0.5) is 0 Å². The minimum atomic E-state index is 0.120. The van der Waals surface area contributed by atoms with Crippen LogP contribution in [0, 0.1) is 0 Å². The van der Waals surface area contributed by atoms with E-state index >= 15 is 0 Å². The molecular formula is C6H9BrN4. The van der Waals surface area contributed by atoms with E-state index in [0.29, 0.717) is 0 Å². The van der Waals surface area contributed by atoms with Crippen molar-refractivity contribution in [1.29, 1.82) is 0 Å². The normalized spacial score (nSPS) is 29.8. The topological polar surface area (TPSA) is 30.9 Å². The Labute approximate surface area is 73.7 Å². The van der Waals surface area contributed by atoms with E-state index in [1.807, 2.05) is 18.3 Å². The lowest BCUT2D eigenvalue weighted by Gasteiger charge is -2.31. The minimum absolute atomic E-state index is 0.120. The Hall–Kier alpha value is -0.550. The van der Waals surface area contributed by atoms with Crippen molar-refractivity contribution in [1.82, 2.24) is 15.3 Å². The molecule has 1 N–H and O–H groups in total. The van der Waals surface area contributed by atoms with Crippen molar-refractivity contribution in [3.63, 3.8) is 0 Å². The number of nitrogens with zero attached hydrogens (tertiary/aromatic N) is 3. The first-order valence-electron chi connectivity index (χ1n) is 3.42. The minimum Gasteiger partial charge on any atom is -0.273 e. The predicted octanol–water partition coefficient (Wildman–Crippen LogP) is 0.300. The summed E-state index contributed by atoms with van der Waals surface area (Å²) in [5.41, 5.74) is 3.06. The summed E-state index contributed by atoms with van der Waals surface area (Å²) < 4.78 is 0.793. The van der Waals surface area contributed by atoms with Crippen LogP contribution in [-0.2, 0) is 0 Å². The smallest absolute Gasteiger partial charge is 0.198 e. The van der Waals surface area contributed by atoms with Crippen molar-refractivity contribution < 1.29 is 0 Å². The number of amidine groups is 1. The predicted molar refractivity (Wildman–Crippen MR) is 46.9 cm³/mol. The second kappa shape index (κ2) is 2.49. The van der Waals surface area contributed by atoms with Crippen LogP contribution < -0.4 is 5.43 Å². The molecule has 2 aliphatic heterocycles. The number of fused-ring (bicyclic) bond motifs is 1. The van der Waals surface area contributed by atoms with Gasteiger partial charge in [-0.25, -0.2) is 4.99 Å². The molecule has 2 rings (SSSR count). The standard InChI is InChI=1S/C6H9BrN4/c1-10-3-2-4-11-6(10)8-5(7)9-11/h2,4,6H,3H2,1H3,(H,8,9). The van der Waals surface area contributed by atoms with Crippen LogP contribution in [0.5, 0.6) is 0 Å². The lowest BCUT2D eigenvalue weighted by molar-refractivity contribution is 0.102. The van der Waals surface area contributed by atoms with E-state index in [9.17, 15) is 0 Å². The number of hydrazine groups is 1. The summed E-state index contributed by atoms with van der Waals surface area (Å²) in [7, 11) is 2.04. The van der Waals surface area contributed by atoms with E-state index in [0.717, 1.165) is 11.3 Å². The molecule has 0 saturated carbocycles. The molecule has 0 radical (unpaired) electrons. The average Bonchev–Trinajstić information content (AvgIpc) is 2.31. The highest BCUT2D eigenvalue weighted by molar-refractivity contribution is 9.18. The van der Waals surface area contributed by atoms with E-state index in [1.165, 1.54) is 0 Å². The average molecular weight is 217 g/mol. The monoisotopic (exact) mass is 216 g/mol. The zero-order chi connectivity index (χ0) is 7.84. The summed E-state index contributed by atoms with van der Waals surface area (Å²) in [5.74, 6) is 0. The summed E-state index contributed by atoms with van der Waals surface area (Å²) >= 11 is 3.29. The fourth-order valence-electron chi connectivity index (χ4n) is 1.20. The molecule has 0 spiro atoms. The summed E-state index contributed by atoms with van der Waals surface area (Å²) in [4.78, 5) is 6.45. The third-order valence-corrected chi connectivity index (χ3v) is 2.13. The highest BCUT2D eigenvalue weighted by atomic mass is 79.9. The molecule has 0 aromatic carbocycles. The van der Waals surface area contributed by atoms with Gasteiger partial charge in [-0.05, 0) is 23.0 Å². The Morgan fingerprint density at radius 3 is 3.36 bits per heavy atom. The summed E-state index contributed by atoms with van der Waals surface area (Å²) in [5, 5.41) is 1.95. The largest absolute Gasteiger partial charge is 0.273 e. The number of halogens is 1. The molecule has 1 unspecified atom stereocenters. The van der Waals surface area contributed by atoms with Gasteiger partial charge in [0.25, 0.3) is 0 Å². The number of rotatable bonds is 0. The van der Waals surface area contributed by atoms with Gasteiger partial charge in [0.1, 0.15) is 0 Å². The molecule has 0 fully saturated rings. The third-order valence-electron chi connectivity index (χ3n) is 1.75. The van der Waals surface area contributed by atoms with Gasteiger partial charge in [0.2, 0.25) is 0 Å². The van der Waals surface area contributed by atoms with Crippen molar-refractivity contribution in [3.8, 4) is 0 Å². The zero-order valence-corrected chi connectivity index (χ0v) is 7.74. The maximum Gasteiger partial charge on any atom is 0.198 e. The quantitative estimate of drug-likeness (QED) is 0.592. The van der Waals surface area contributed by atoms with Crippen molar-refractivity contribution in [2.45, 2.75) is 6.29 Å². The summed E-state index contributed by atoms with van der Waals surface area (Å²) in [6.07, 6.45) is 4.21. The Bertz CT molecular complexity index is 225. The van der Waals surface area contributed by atoms with Gasteiger partial charge >= 0.3 is 0 Å². The Kier molecular flexibility index (Phi) is 1.61. The molecule has 1 atom stereocenters. The van der Waals surface area contributed by atoms with Crippen LogP contribution in [0.1, 0.15) is 0 Å².